The lowest BCUT2D eigenvalue weighted by molar-refractivity contribution is 0.795. The molecule has 0 fully saturated rings. The second-order valence-electron chi connectivity index (χ2n) is 2.68. The summed E-state index contributed by atoms with van der Waals surface area (Å²) in [5.74, 6) is 0.525. The van der Waals surface area contributed by atoms with Crippen LogP contribution in [-0.2, 0) is 0 Å². The van der Waals surface area contributed by atoms with Gasteiger partial charge in [0.1, 0.15) is 0 Å². The molecule has 0 aliphatic rings. The van der Waals surface area contributed by atoms with Crippen molar-refractivity contribution in [2.45, 2.75) is 13.8 Å². The minimum Gasteiger partial charge on any atom is -0.130 e. The molecule has 0 bridgehead atoms. The van der Waals surface area contributed by atoms with E-state index in [9.17, 15) is 0 Å². The maximum absolute atomic E-state index is 3.95. The Morgan fingerprint density at radius 1 is 1.45 bits per heavy atom. The fraction of sp³-hybridized carbons (Fsp3) is 0.400. The van der Waals surface area contributed by atoms with Crippen LogP contribution in [0.5, 0.6) is 0 Å². The summed E-state index contributed by atoms with van der Waals surface area (Å²) in [5, 5.41) is 0. The Bertz CT molecular complexity index is 175. The summed E-state index contributed by atoms with van der Waals surface area (Å²) in [5.41, 5.74) is 1.16. The van der Waals surface area contributed by atoms with Gasteiger partial charge in [-0.2, -0.15) is 0 Å². The van der Waals surface area contributed by atoms with Crippen LogP contribution in [0.1, 0.15) is 13.8 Å². The average Bonchev–Trinajstić information content (AvgIpc) is 1.99. The molecule has 0 amide bonds. The maximum atomic E-state index is 3.95. The number of allylic oxidation sites excluding steroid dienone is 3. The van der Waals surface area contributed by atoms with Gasteiger partial charge in [0.25, 0.3) is 0 Å². The lowest BCUT2D eigenvalue weighted by Gasteiger charge is -2.04. The van der Waals surface area contributed by atoms with Crippen molar-refractivity contribution in [1.29, 1.82) is 0 Å². The van der Waals surface area contributed by atoms with E-state index >= 15 is 0 Å². The van der Waals surface area contributed by atoms with E-state index in [-0.39, 0.29) is 0 Å². The highest BCUT2D eigenvalue weighted by Gasteiger charge is 1.96. The second kappa shape index (κ2) is 5.25. The Balaban J connectivity index is 4.26. The predicted octanol–water partition coefficient (Wildman–Crippen LogP) is 3.63. The van der Waals surface area contributed by atoms with Crippen molar-refractivity contribution in [2.24, 2.45) is 5.92 Å². The first-order valence-corrected chi connectivity index (χ1v) is 4.91. The third-order valence-electron chi connectivity index (χ3n) is 1.51. The van der Waals surface area contributed by atoms with Crippen LogP contribution < -0.4 is 0 Å². The maximum Gasteiger partial charge on any atom is 0.00658 e. The molecule has 0 aliphatic carbocycles. The van der Waals surface area contributed by atoms with Crippen molar-refractivity contribution in [1.82, 2.24) is 0 Å². The van der Waals surface area contributed by atoms with E-state index in [1.807, 2.05) is 12.3 Å². The van der Waals surface area contributed by atoms with Crippen LogP contribution in [0.4, 0.5) is 0 Å². The standard InChI is InChI=1S/C10H16S/c1-6-10(11-5)7-9(4)8(2)3/h6-8H,1,4H2,2-3,5H3/b10-7+. The van der Waals surface area contributed by atoms with E-state index in [1.54, 1.807) is 11.8 Å². The molecule has 0 aliphatic heterocycles. The van der Waals surface area contributed by atoms with Crippen molar-refractivity contribution in [3.05, 3.63) is 35.8 Å². The van der Waals surface area contributed by atoms with Gasteiger partial charge in [0.15, 0.2) is 0 Å². The van der Waals surface area contributed by atoms with Crippen molar-refractivity contribution >= 4 is 11.8 Å². The fourth-order valence-corrected chi connectivity index (χ4v) is 0.986. The third-order valence-corrected chi connectivity index (χ3v) is 2.26. The smallest absolute Gasteiger partial charge is 0.00658 e. The van der Waals surface area contributed by atoms with Crippen LogP contribution in [0.25, 0.3) is 0 Å². The van der Waals surface area contributed by atoms with Crippen LogP contribution in [0.15, 0.2) is 35.8 Å². The molecule has 1 heteroatoms. The fourth-order valence-electron chi connectivity index (χ4n) is 0.551. The molecule has 0 spiro atoms. The van der Waals surface area contributed by atoms with Crippen molar-refractivity contribution in [3.8, 4) is 0 Å². The second-order valence-corrected chi connectivity index (χ2v) is 3.56. The molecule has 0 aromatic carbocycles. The predicted molar refractivity (Wildman–Crippen MR) is 55.8 cm³/mol. The quantitative estimate of drug-likeness (QED) is 0.578. The normalized spacial score (nSPS) is 11.8. The van der Waals surface area contributed by atoms with Gasteiger partial charge in [-0.15, -0.1) is 11.8 Å². The molecule has 11 heavy (non-hydrogen) atoms. The zero-order valence-corrected chi connectivity index (χ0v) is 8.37. The molecule has 0 saturated carbocycles. The Hall–Kier alpha value is -0.430. The van der Waals surface area contributed by atoms with Crippen LogP contribution in [0.3, 0.4) is 0 Å². The summed E-state index contributed by atoms with van der Waals surface area (Å²) in [7, 11) is 0. The zero-order valence-electron chi connectivity index (χ0n) is 7.55. The summed E-state index contributed by atoms with van der Waals surface area (Å²) in [6.07, 6.45) is 5.99. The Labute approximate surface area is 74.1 Å². The summed E-state index contributed by atoms with van der Waals surface area (Å²) >= 11 is 1.70. The monoisotopic (exact) mass is 168 g/mol. The highest BCUT2D eigenvalue weighted by molar-refractivity contribution is 8.02. The van der Waals surface area contributed by atoms with E-state index in [2.05, 4.69) is 33.1 Å². The van der Waals surface area contributed by atoms with E-state index in [1.165, 1.54) is 4.91 Å². The lowest BCUT2D eigenvalue weighted by atomic mass is 10.1. The molecule has 0 radical (unpaired) electrons. The van der Waals surface area contributed by atoms with Crippen LogP contribution in [0.2, 0.25) is 0 Å². The topological polar surface area (TPSA) is 0 Å². The van der Waals surface area contributed by atoms with Crippen LogP contribution >= 0.6 is 11.8 Å². The number of thioether (sulfide) groups is 1. The molecule has 0 aromatic heterocycles. The molecular weight excluding hydrogens is 152 g/mol. The number of hydrogen-bond donors (Lipinski definition) is 0. The molecule has 0 nitrogen and oxygen atoms in total. The first-order chi connectivity index (χ1) is 5.11. The molecule has 0 heterocycles. The first kappa shape index (κ1) is 10.6. The molecular formula is C10H16S. The minimum absolute atomic E-state index is 0.525. The molecule has 0 rings (SSSR count). The number of rotatable bonds is 4. The lowest BCUT2D eigenvalue weighted by Crippen LogP contribution is -1.88. The molecule has 0 aromatic rings. The summed E-state index contributed by atoms with van der Waals surface area (Å²) < 4.78 is 0. The summed E-state index contributed by atoms with van der Waals surface area (Å²) in [6.45, 7) is 11.9. The molecule has 0 N–H and O–H groups in total. The van der Waals surface area contributed by atoms with Crippen molar-refractivity contribution < 1.29 is 0 Å². The zero-order chi connectivity index (χ0) is 8.85. The van der Waals surface area contributed by atoms with Gasteiger partial charge in [-0.3, -0.25) is 0 Å². The largest absolute Gasteiger partial charge is 0.130 e. The highest BCUT2D eigenvalue weighted by Crippen LogP contribution is 2.18. The summed E-state index contributed by atoms with van der Waals surface area (Å²) in [4.78, 5) is 1.18. The Morgan fingerprint density at radius 3 is 2.27 bits per heavy atom. The van der Waals surface area contributed by atoms with E-state index < -0.39 is 0 Å². The Kier molecular flexibility index (Phi) is 5.05. The van der Waals surface area contributed by atoms with E-state index in [0.717, 1.165) is 5.57 Å². The van der Waals surface area contributed by atoms with E-state index in [4.69, 9.17) is 0 Å². The van der Waals surface area contributed by atoms with E-state index in [0.29, 0.717) is 5.92 Å². The van der Waals surface area contributed by atoms with Crippen LogP contribution in [0, 0.1) is 5.92 Å². The van der Waals surface area contributed by atoms with Gasteiger partial charge < -0.3 is 0 Å². The van der Waals surface area contributed by atoms with Gasteiger partial charge in [-0.05, 0) is 18.2 Å². The molecule has 0 unspecified atom stereocenters. The first-order valence-electron chi connectivity index (χ1n) is 3.68. The summed E-state index contributed by atoms with van der Waals surface area (Å²) in [6, 6.07) is 0. The van der Waals surface area contributed by atoms with Crippen molar-refractivity contribution in [3.63, 3.8) is 0 Å². The molecule has 0 saturated heterocycles. The van der Waals surface area contributed by atoms with Gasteiger partial charge >= 0.3 is 0 Å². The van der Waals surface area contributed by atoms with Gasteiger partial charge in [0.2, 0.25) is 0 Å². The minimum atomic E-state index is 0.525. The van der Waals surface area contributed by atoms with Crippen molar-refractivity contribution in [2.75, 3.05) is 6.26 Å². The van der Waals surface area contributed by atoms with Crippen LogP contribution in [-0.4, -0.2) is 6.26 Å². The highest BCUT2D eigenvalue weighted by atomic mass is 32.2. The third kappa shape index (κ3) is 4.10. The Morgan fingerprint density at radius 2 is 2.00 bits per heavy atom. The van der Waals surface area contributed by atoms with Gasteiger partial charge in [0.05, 0.1) is 0 Å². The number of hydrogen-bond acceptors (Lipinski definition) is 1. The van der Waals surface area contributed by atoms with Gasteiger partial charge in [0, 0.05) is 4.91 Å². The molecule has 0 atom stereocenters. The average molecular weight is 168 g/mol. The molecule has 62 valence electrons. The SMILES string of the molecule is C=C/C(=C\C(=C)C(C)C)SC. The van der Waals surface area contributed by atoms with Gasteiger partial charge in [-0.25, -0.2) is 0 Å². The van der Waals surface area contributed by atoms with Gasteiger partial charge in [-0.1, -0.05) is 38.7 Å².